The molecule has 0 amide bonds. The summed E-state index contributed by atoms with van der Waals surface area (Å²) < 4.78 is 5.16. The van der Waals surface area contributed by atoms with E-state index in [9.17, 15) is 0 Å². The zero-order valence-electron chi connectivity index (χ0n) is 8.70. The summed E-state index contributed by atoms with van der Waals surface area (Å²) >= 11 is 1.58. The molecule has 0 spiro atoms. The van der Waals surface area contributed by atoms with E-state index < -0.39 is 0 Å². The number of rotatable bonds is 4. The molecule has 0 unspecified atom stereocenters. The third-order valence-electron chi connectivity index (χ3n) is 1.42. The third kappa shape index (κ3) is 4.78. The van der Waals surface area contributed by atoms with Gasteiger partial charge in [-0.3, -0.25) is 0 Å². The van der Waals surface area contributed by atoms with Crippen LogP contribution in [0.25, 0.3) is 0 Å². The molecule has 0 aromatic heterocycles. The lowest BCUT2D eigenvalue weighted by atomic mass is 10.4. The van der Waals surface area contributed by atoms with Crippen LogP contribution in [0.5, 0.6) is 0 Å². The van der Waals surface area contributed by atoms with Gasteiger partial charge in [0.05, 0.1) is 7.11 Å². The predicted octanol–water partition coefficient (Wildman–Crippen LogP) is 3.22. The first-order valence-corrected chi connectivity index (χ1v) is 5.50. The molecule has 3 heteroatoms. The summed E-state index contributed by atoms with van der Waals surface area (Å²) in [5, 5.41) is 0.912. The van der Waals surface area contributed by atoms with Crippen molar-refractivity contribution in [2.24, 2.45) is 4.99 Å². The van der Waals surface area contributed by atoms with E-state index >= 15 is 0 Å². The maximum absolute atomic E-state index is 5.16. The first-order valence-electron chi connectivity index (χ1n) is 4.27. The second-order valence-electron chi connectivity index (χ2n) is 2.29. The lowest BCUT2D eigenvalue weighted by molar-refractivity contribution is 0.316. The van der Waals surface area contributed by atoms with Crippen molar-refractivity contribution in [3.63, 3.8) is 0 Å². The van der Waals surface area contributed by atoms with Gasteiger partial charge in [0.2, 0.25) is 0 Å². The lowest BCUT2D eigenvalue weighted by Crippen LogP contribution is -1.98. The number of hydrogen-bond donors (Lipinski definition) is 0. The van der Waals surface area contributed by atoms with Crippen molar-refractivity contribution in [3.8, 4) is 0 Å². The van der Waals surface area contributed by atoms with Crippen LogP contribution in [0.15, 0.2) is 29.1 Å². The van der Waals surface area contributed by atoms with E-state index in [0.29, 0.717) is 0 Å². The number of allylic oxidation sites excluding steroid dienone is 2. The molecule has 0 radical (unpaired) electrons. The summed E-state index contributed by atoms with van der Waals surface area (Å²) in [4.78, 5) is 4.28. The Morgan fingerprint density at radius 1 is 1.54 bits per heavy atom. The van der Waals surface area contributed by atoms with Crippen molar-refractivity contribution in [3.05, 3.63) is 24.1 Å². The van der Waals surface area contributed by atoms with E-state index in [1.807, 2.05) is 31.5 Å². The van der Waals surface area contributed by atoms with Crippen molar-refractivity contribution in [2.75, 3.05) is 13.4 Å². The van der Waals surface area contributed by atoms with Crippen LogP contribution in [0.2, 0.25) is 0 Å². The number of aliphatic imine (C=N–C) groups is 1. The van der Waals surface area contributed by atoms with E-state index in [1.165, 1.54) is 0 Å². The molecule has 13 heavy (non-hydrogen) atoms. The first kappa shape index (κ1) is 12.3. The van der Waals surface area contributed by atoms with Gasteiger partial charge in [-0.15, -0.1) is 11.8 Å². The van der Waals surface area contributed by atoms with Gasteiger partial charge in [0, 0.05) is 6.20 Å². The van der Waals surface area contributed by atoms with Crippen LogP contribution in [0, 0.1) is 0 Å². The zero-order valence-corrected chi connectivity index (χ0v) is 9.52. The summed E-state index contributed by atoms with van der Waals surface area (Å²) in [5.41, 5.74) is 0. The Morgan fingerprint density at radius 2 is 2.23 bits per heavy atom. The number of nitrogens with zero attached hydrogens (tertiary/aromatic N) is 1. The number of ether oxygens (including phenoxy) is 1. The SMILES string of the molecule is C/C=C(OC)/C(=N\C=C/CC)SC. The highest BCUT2D eigenvalue weighted by molar-refractivity contribution is 8.13. The highest BCUT2D eigenvalue weighted by atomic mass is 32.2. The molecule has 0 N–H and O–H groups in total. The van der Waals surface area contributed by atoms with Crippen molar-refractivity contribution in [1.29, 1.82) is 0 Å². The van der Waals surface area contributed by atoms with Crippen LogP contribution < -0.4 is 0 Å². The zero-order chi connectivity index (χ0) is 10.1. The Balaban J connectivity index is 4.48. The first-order chi connectivity index (χ1) is 6.29. The van der Waals surface area contributed by atoms with Gasteiger partial charge in [-0.2, -0.15) is 0 Å². The topological polar surface area (TPSA) is 21.6 Å². The average molecular weight is 199 g/mol. The van der Waals surface area contributed by atoms with Crippen LogP contribution in [-0.2, 0) is 4.74 Å². The number of thioether (sulfide) groups is 1. The number of hydrogen-bond acceptors (Lipinski definition) is 3. The molecule has 0 bridgehead atoms. The quantitative estimate of drug-likeness (QED) is 0.394. The van der Waals surface area contributed by atoms with Gasteiger partial charge in [0.1, 0.15) is 10.8 Å². The van der Waals surface area contributed by atoms with Gasteiger partial charge in [-0.25, -0.2) is 4.99 Å². The van der Waals surface area contributed by atoms with Gasteiger partial charge >= 0.3 is 0 Å². The maximum atomic E-state index is 5.16. The van der Waals surface area contributed by atoms with Crippen LogP contribution in [-0.4, -0.2) is 18.4 Å². The molecule has 0 saturated heterocycles. The van der Waals surface area contributed by atoms with Gasteiger partial charge in [-0.1, -0.05) is 13.0 Å². The summed E-state index contributed by atoms with van der Waals surface area (Å²) in [5.74, 6) is 0.827. The standard InChI is InChI=1S/C10H17NOS/c1-5-7-8-11-10(13-4)9(6-2)12-3/h6-8H,5H2,1-4H3/b8-7-,9-6-,11-10+. The summed E-state index contributed by atoms with van der Waals surface area (Å²) in [6.45, 7) is 4.02. The van der Waals surface area contributed by atoms with Crippen LogP contribution in [0.1, 0.15) is 20.3 Å². The monoisotopic (exact) mass is 199 g/mol. The smallest absolute Gasteiger partial charge is 0.146 e. The molecule has 74 valence electrons. The lowest BCUT2D eigenvalue weighted by Gasteiger charge is -2.04. The fourth-order valence-corrected chi connectivity index (χ4v) is 1.34. The fourth-order valence-electron chi connectivity index (χ4n) is 0.771. The highest BCUT2D eigenvalue weighted by Gasteiger charge is 2.02. The van der Waals surface area contributed by atoms with Crippen LogP contribution in [0.3, 0.4) is 0 Å². The molecule has 0 aliphatic carbocycles. The highest BCUT2D eigenvalue weighted by Crippen LogP contribution is 2.10. The van der Waals surface area contributed by atoms with Crippen molar-refractivity contribution in [1.82, 2.24) is 0 Å². The van der Waals surface area contributed by atoms with Gasteiger partial charge < -0.3 is 4.74 Å². The van der Waals surface area contributed by atoms with E-state index in [1.54, 1.807) is 18.9 Å². The second-order valence-corrected chi connectivity index (χ2v) is 3.08. The van der Waals surface area contributed by atoms with Gasteiger partial charge in [0.25, 0.3) is 0 Å². The fraction of sp³-hybridized carbons (Fsp3) is 0.500. The summed E-state index contributed by atoms with van der Waals surface area (Å²) in [6.07, 6.45) is 8.73. The van der Waals surface area contributed by atoms with Crippen molar-refractivity contribution < 1.29 is 4.74 Å². The second kappa shape index (κ2) is 7.92. The molecule has 0 saturated carbocycles. The van der Waals surface area contributed by atoms with E-state index in [4.69, 9.17) is 4.74 Å². The predicted molar refractivity (Wildman–Crippen MR) is 61.1 cm³/mol. The van der Waals surface area contributed by atoms with Crippen LogP contribution >= 0.6 is 11.8 Å². The average Bonchev–Trinajstić information content (AvgIpc) is 2.17. The molecule has 2 nitrogen and oxygen atoms in total. The molecule has 0 atom stereocenters. The molecule has 0 fully saturated rings. The molecule has 0 aromatic rings. The minimum Gasteiger partial charge on any atom is -0.494 e. The van der Waals surface area contributed by atoms with Crippen LogP contribution in [0.4, 0.5) is 0 Å². The Morgan fingerprint density at radius 3 is 2.62 bits per heavy atom. The summed E-state index contributed by atoms with van der Waals surface area (Å²) in [6, 6.07) is 0. The third-order valence-corrected chi connectivity index (χ3v) is 2.11. The van der Waals surface area contributed by atoms with Gasteiger partial charge in [-0.05, 0) is 25.7 Å². The molecule has 0 heterocycles. The number of methoxy groups -OCH3 is 1. The Hall–Kier alpha value is -0.700. The molecular formula is C10H17NOS. The largest absolute Gasteiger partial charge is 0.494 e. The molecule has 0 rings (SSSR count). The molecular weight excluding hydrogens is 182 g/mol. The van der Waals surface area contributed by atoms with Crippen molar-refractivity contribution >= 4 is 16.8 Å². The minimum absolute atomic E-state index is 0.827. The molecule has 0 aliphatic rings. The van der Waals surface area contributed by atoms with Gasteiger partial charge in [0.15, 0.2) is 0 Å². The van der Waals surface area contributed by atoms with E-state index in [2.05, 4.69) is 11.9 Å². The normalized spacial score (nSPS) is 13.8. The molecule has 0 aliphatic heterocycles. The molecule has 0 aromatic carbocycles. The minimum atomic E-state index is 0.827. The van der Waals surface area contributed by atoms with E-state index in [-0.39, 0.29) is 0 Å². The Bertz CT molecular complexity index is 219. The summed E-state index contributed by atoms with van der Waals surface area (Å²) in [7, 11) is 1.66. The Labute approximate surface area is 84.8 Å². The Kier molecular flexibility index (Phi) is 7.50. The van der Waals surface area contributed by atoms with Crippen molar-refractivity contribution in [2.45, 2.75) is 20.3 Å². The van der Waals surface area contributed by atoms with E-state index in [0.717, 1.165) is 17.2 Å². The maximum Gasteiger partial charge on any atom is 0.146 e.